The third-order valence-corrected chi connectivity index (χ3v) is 2.72. The summed E-state index contributed by atoms with van der Waals surface area (Å²) in [5.74, 6) is -0.437. The maximum Gasteiger partial charge on any atom is 0.327 e. The second kappa shape index (κ2) is 4.08. The molecule has 0 aliphatic rings. The number of hydrogen-bond donors (Lipinski definition) is 1. The number of methoxy groups -OCH3 is 1. The largest absolute Gasteiger partial charge is 0.468 e. The molecule has 5 heteroatoms. The summed E-state index contributed by atoms with van der Waals surface area (Å²) in [6.07, 6.45) is 0. The maximum atomic E-state index is 11.8. The fraction of sp³-hybridized carbons (Fsp3) is 0.333. The van der Waals surface area contributed by atoms with Crippen molar-refractivity contribution in [2.24, 2.45) is 0 Å². The SMILES string of the molecule is COC(=O)Cn1c(=O)[nH]c2cc(C)cc(C)c21. The molecule has 0 aliphatic heterocycles. The summed E-state index contributed by atoms with van der Waals surface area (Å²) < 4.78 is 5.98. The Hall–Kier alpha value is -2.04. The van der Waals surface area contributed by atoms with Crippen LogP contribution in [0.4, 0.5) is 0 Å². The van der Waals surface area contributed by atoms with Crippen molar-refractivity contribution in [2.45, 2.75) is 20.4 Å². The zero-order chi connectivity index (χ0) is 12.6. The van der Waals surface area contributed by atoms with Gasteiger partial charge in [-0.05, 0) is 31.0 Å². The van der Waals surface area contributed by atoms with Gasteiger partial charge in [-0.15, -0.1) is 0 Å². The number of H-pyrrole nitrogens is 1. The smallest absolute Gasteiger partial charge is 0.327 e. The number of carbonyl (C=O) groups excluding carboxylic acids is 1. The van der Waals surface area contributed by atoms with Crippen LogP contribution < -0.4 is 5.69 Å². The number of esters is 1. The molecule has 0 atom stereocenters. The topological polar surface area (TPSA) is 64.1 Å². The van der Waals surface area contributed by atoms with Crippen molar-refractivity contribution in [3.63, 3.8) is 0 Å². The van der Waals surface area contributed by atoms with Crippen molar-refractivity contribution in [1.82, 2.24) is 9.55 Å². The molecule has 2 aromatic rings. The van der Waals surface area contributed by atoms with Crippen LogP contribution in [0, 0.1) is 13.8 Å². The Balaban J connectivity index is 2.67. The number of carbonyl (C=O) groups is 1. The summed E-state index contributed by atoms with van der Waals surface area (Å²) in [7, 11) is 1.30. The fourth-order valence-electron chi connectivity index (χ4n) is 2.04. The lowest BCUT2D eigenvalue weighted by Crippen LogP contribution is -2.22. The summed E-state index contributed by atoms with van der Waals surface area (Å²) >= 11 is 0. The van der Waals surface area contributed by atoms with E-state index in [0.29, 0.717) is 0 Å². The third-order valence-electron chi connectivity index (χ3n) is 2.72. The third kappa shape index (κ3) is 1.95. The van der Waals surface area contributed by atoms with Crippen molar-refractivity contribution < 1.29 is 9.53 Å². The van der Waals surface area contributed by atoms with Crippen LogP contribution in [-0.4, -0.2) is 22.6 Å². The molecule has 0 saturated carbocycles. The van der Waals surface area contributed by atoms with Gasteiger partial charge in [0.15, 0.2) is 0 Å². The number of aromatic amines is 1. The van der Waals surface area contributed by atoms with Gasteiger partial charge < -0.3 is 9.72 Å². The Bertz CT molecular complexity index is 637. The minimum atomic E-state index is -0.437. The summed E-state index contributed by atoms with van der Waals surface area (Å²) in [4.78, 5) is 25.7. The highest BCUT2D eigenvalue weighted by molar-refractivity contribution is 5.81. The van der Waals surface area contributed by atoms with E-state index in [1.165, 1.54) is 11.7 Å². The van der Waals surface area contributed by atoms with E-state index in [0.717, 1.165) is 22.2 Å². The van der Waals surface area contributed by atoms with Gasteiger partial charge in [0.05, 0.1) is 18.1 Å². The van der Waals surface area contributed by atoms with E-state index in [-0.39, 0.29) is 12.2 Å². The first-order valence-corrected chi connectivity index (χ1v) is 5.29. The number of aromatic nitrogens is 2. The monoisotopic (exact) mass is 234 g/mol. The fourth-order valence-corrected chi connectivity index (χ4v) is 2.04. The molecular formula is C12H14N2O3. The first kappa shape index (κ1) is 11.4. The van der Waals surface area contributed by atoms with Crippen molar-refractivity contribution in [3.8, 4) is 0 Å². The van der Waals surface area contributed by atoms with E-state index >= 15 is 0 Å². The normalized spacial score (nSPS) is 10.8. The molecule has 0 spiro atoms. The average molecular weight is 234 g/mol. The number of rotatable bonds is 2. The lowest BCUT2D eigenvalue weighted by molar-refractivity contribution is -0.141. The molecule has 1 aromatic carbocycles. The van der Waals surface area contributed by atoms with Gasteiger partial charge >= 0.3 is 11.7 Å². The second-order valence-electron chi connectivity index (χ2n) is 4.07. The molecule has 1 heterocycles. The average Bonchev–Trinajstić information content (AvgIpc) is 2.55. The Morgan fingerprint density at radius 3 is 2.76 bits per heavy atom. The number of fused-ring (bicyclic) bond motifs is 1. The van der Waals surface area contributed by atoms with E-state index in [1.54, 1.807) is 0 Å². The molecule has 17 heavy (non-hydrogen) atoms. The number of hydrogen-bond acceptors (Lipinski definition) is 3. The standard InChI is InChI=1S/C12H14N2O3/c1-7-4-8(2)11-9(5-7)13-12(16)14(11)6-10(15)17-3/h4-5H,6H2,1-3H3,(H,13,16). The highest BCUT2D eigenvalue weighted by atomic mass is 16.5. The molecule has 90 valence electrons. The number of ether oxygens (including phenoxy) is 1. The molecule has 1 aromatic heterocycles. The van der Waals surface area contributed by atoms with E-state index in [9.17, 15) is 9.59 Å². The van der Waals surface area contributed by atoms with Crippen LogP contribution in [0.3, 0.4) is 0 Å². The summed E-state index contributed by atoms with van der Waals surface area (Å²) in [6, 6.07) is 3.86. The first-order valence-electron chi connectivity index (χ1n) is 5.29. The molecule has 0 bridgehead atoms. The predicted octanol–water partition coefficient (Wildman–Crippen LogP) is 1.12. The zero-order valence-electron chi connectivity index (χ0n) is 10.0. The number of imidazole rings is 1. The van der Waals surface area contributed by atoms with E-state index in [2.05, 4.69) is 9.72 Å². The molecule has 0 aliphatic carbocycles. The number of nitrogens with one attached hydrogen (secondary N) is 1. The molecule has 0 amide bonds. The van der Waals surface area contributed by atoms with Crippen LogP contribution in [0.2, 0.25) is 0 Å². The summed E-state index contributed by atoms with van der Waals surface area (Å²) in [5.41, 5.74) is 3.24. The molecule has 0 saturated heterocycles. The lowest BCUT2D eigenvalue weighted by atomic mass is 10.1. The lowest BCUT2D eigenvalue weighted by Gasteiger charge is -2.04. The Labute approximate surface area is 98.0 Å². The highest BCUT2D eigenvalue weighted by Gasteiger charge is 2.12. The van der Waals surface area contributed by atoms with Gasteiger partial charge in [0.2, 0.25) is 0 Å². The van der Waals surface area contributed by atoms with E-state index < -0.39 is 5.97 Å². The van der Waals surface area contributed by atoms with Gasteiger partial charge in [-0.1, -0.05) is 6.07 Å². The predicted molar refractivity (Wildman–Crippen MR) is 64.0 cm³/mol. The van der Waals surface area contributed by atoms with Gasteiger partial charge in [0.1, 0.15) is 6.54 Å². The zero-order valence-corrected chi connectivity index (χ0v) is 10.0. The molecule has 0 fully saturated rings. The van der Waals surface area contributed by atoms with Gasteiger partial charge in [-0.25, -0.2) is 4.79 Å². The second-order valence-corrected chi connectivity index (χ2v) is 4.07. The van der Waals surface area contributed by atoms with Gasteiger partial charge in [0, 0.05) is 0 Å². The van der Waals surface area contributed by atoms with Gasteiger partial charge in [-0.3, -0.25) is 9.36 Å². The number of aryl methyl sites for hydroxylation is 2. The number of nitrogens with zero attached hydrogens (tertiary/aromatic N) is 1. The van der Waals surface area contributed by atoms with Crippen LogP contribution >= 0.6 is 0 Å². The van der Waals surface area contributed by atoms with Crippen molar-refractivity contribution in [1.29, 1.82) is 0 Å². The maximum absolute atomic E-state index is 11.8. The first-order chi connectivity index (χ1) is 8.02. The van der Waals surface area contributed by atoms with E-state index in [4.69, 9.17) is 0 Å². The highest BCUT2D eigenvalue weighted by Crippen LogP contribution is 2.17. The molecule has 2 rings (SSSR count). The molecule has 5 nitrogen and oxygen atoms in total. The van der Waals surface area contributed by atoms with Gasteiger partial charge in [0.25, 0.3) is 0 Å². The summed E-state index contributed by atoms with van der Waals surface area (Å²) in [5, 5.41) is 0. The van der Waals surface area contributed by atoms with Crippen molar-refractivity contribution in [2.75, 3.05) is 7.11 Å². The van der Waals surface area contributed by atoms with Crippen LogP contribution in [0.25, 0.3) is 11.0 Å². The molecule has 0 radical (unpaired) electrons. The molecule has 1 N–H and O–H groups in total. The van der Waals surface area contributed by atoms with Crippen molar-refractivity contribution >= 4 is 17.0 Å². The van der Waals surface area contributed by atoms with Crippen LogP contribution in [0.5, 0.6) is 0 Å². The van der Waals surface area contributed by atoms with E-state index in [1.807, 2.05) is 26.0 Å². The van der Waals surface area contributed by atoms with Crippen LogP contribution in [0.1, 0.15) is 11.1 Å². The molecule has 0 unspecified atom stereocenters. The Morgan fingerprint density at radius 2 is 2.12 bits per heavy atom. The summed E-state index contributed by atoms with van der Waals surface area (Å²) in [6.45, 7) is 3.80. The number of benzene rings is 1. The Morgan fingerprint density at radius 1 is 1.41 bits per heavy atom. The minimum Gasteiger partial charge on any atom is -0.468 e. The van der Waals surface area contributed by atoms with Crippen LogP contribution in [-0.2, 0) is 16.1 Å². The minimum absolute atomic E-state index is 0.0702. The van der Waals surface area contributed by atoms with Crippen LogP contribution in [0.15, 0.2) is 16.9 Å². The Kier molecular flexibility index (Phi) is 2.75. The van der Waals surface area contributed by atoms with Crippen molar-refractivity contribution in [3.05, 3.63) is 33.7 Å². The molecular weight excluding hydrogens is 220 g/mol. The van der Waals surface area contributed by atoms with Gasteiger partial charge in [-0.2, -0.15) is 0 Å². The quantitative estimate of drug-likeness (QED) is 0.792.